The van der Waals surface area contributed by atoms with E-state index in [0.29, 0.717) is 0 Å². The summed E-state index contributed by atoms with van der Waals surface area (Å²) >= 11 is 1.83. The molecule has 0 spiro atoms. The Hall–Kier alpha value is -6.76. The van der Waals surface area contributed by atoms with Gasteiger partial charge in [0.15, 0.2) is 0 Å². The molecule has 11 rings (SSSR count). The molecule has 9 aromatic rings. The Bertz CT molecular complexity index is 3010. The third kappa shape index (κ3) is 5.89. The van der Waals surface area contributed by atoms with Crippen LogP contribution >= 0.6 is 11.3 Å². The molecule has 0 saturated heterocycles. The Kier molecular flexibility index (Phi) is 8.21. The van der Waals surface area contributed by atoms with E-state index in [2.05, 4.69) is 202 Å². The molecule has 0 N–H and O–H groups in total. The van der Waals surface area contributed by atoms with Gasteiger partial charge in [0.05, 0.1) is 16.1 Å². The van der Waals surface area contributed by atoms with E-state index in [9.17, 15) is 0 Å². The Balaban J connectivity index is 1.20. The molecule has 284 valence electrons. The Labute approximate surface area is 349 Å². The zero-order valence-electron chi connectivity index (χ0n) is 33.7. The van der Waals surface area contributed by atoms with Gasteiger partial charge in [-0.15, -0.1) is 11.3 Å². The van der Waals surface area contributed by atoms with Gasteiger partial charge in [-0.2, -0.15) is 0 Å². The first kappa shape index (κ1) is 35.4. The van der Waals surface area contributed by atoms with Crippen LogP contribution in [0.2, 0.25) is 0 Å². The Morgan fingerprint density at radius 3 is 1.53 bits per heavy atom. The number of anilines is 6. The lowest BCUT2D eigenvalue weighted by Gasteiger charge is -2.36. The van der Waals surface area contributed by atoms with Gasteiger partial charge in [0.25, 0.3) is 6.71 Å². The van der Waals surface area contributed by atoms with Crippen LogP contribution in [-0.2, 0) is 0 Å². The van der Waals surface area contributed by atoms with Gasteiger partial charge in [0.1, 0.15) is 23.0 Å². The fourth-order valence-corrected chi connectivity index (χ4v) is 10.1. The second-order valence-corrected chi connectivity index (χ2v) is 17.2. The molecule has 2 aliphatic heterocycles. The van der Waals surface area contributed by atoms with Crippen LogP contribution in [0.3, 0.4) is 0 Å². The number of ether oxygens (including phenoxy) is 2. The molecular formula is C53H41BN2O2S. The lowest BCUT2D eigenvalue weighted by molar-refractivity contribution is 0.467. The number of thiophene rings is 1. The average Bonchev–Trinajstić information content (AvgIpc) is 3.64. The van der Waals surface area contributed by atoms with Gasteiger partial charge >= 0.3 is 0 Å². The molecule has 0 atom stereocenters. The fourth-order valence-electron chi connectivity index (χ4n) is 8.88. The summed E-state index contributed by atoms with van der Waals surface area (Å²) in [6, 6.07) is 57.4. The van der Waals surface area contributed by atoms with Crippen molar-refractivity contribution in [3.63, 3.8) is 0 Å². The fraction of sp³-hybridized carbons (Fsp3) is 0.0943. The summed E-state index contributed by atoms with van der Waals surface area (Å²) in [4.78, 5) is 4.73. The van der Waals surface area contributed by atoms with Crippen LogP contribution in [0, 0.1) is 34.6 Å². The van der Waals surface area contributed by atoms with E-state index in [0.717, 1.165) is 78.9 Å². The van der Waals surface area contributed by atoms with Crippen LogP contribution in [0.25, 0.3) is 20.2 Å². The minimum atomic E-state index is -0.131. The maximum absolute atomic E-state index is 7.41. The van der Waals surface area contributed by atoms with Crippen LogP contribution in [-0.4, -0.2) is 6.71 Å². The maximum Gasteiger partial charge on any atom is 0.260 e. The van der Waals surface area contributed by atoms with Crippen molar-refractivity contribution in [2.75, 3.05) is 9.80 Å². The van der Waals surface area contributed by atoms with E-state index in [4.69, 9.17) is 9.47 Å². The van der Waals surface area contributed by atoms with Crippen LogP contribution in [0.15, 0.2) is 158 Å². The second kappa shape index (κ2) is 13.7. The van der Waals surface area contributed by atoms with E-state index in [1.54, 1.807) is 0 Å². The Morgan fingerprint density at radius 1 is 0.441 bits per heavy atom. The molecule has 0 bridgehead atoms. The van der Waals surface area contributed by atoms with Gasteiger partial charge in [0, 0.05) is 55.8 Å². The van der Waals surface area contributed by atoms with E-state index >= 15 is 0 Å². The lowest BCUT2D eigenvalue weighted by Crippen LogP contribution is -2.57. The molecule has 0 aliphatic carbocycles. The minimum Gasteiger partial charge on any atom is -0.458 e. The van der Waals surface area contributed by atoms with Crippen molar-refractivity contribution in [1.82, 2.24) is 0 Å². The smallest absolute Gasteiger partial charge is 0.260 e. The summed E-state index contributed by atoms with van der Waals surface area (Å²) in [6.07, 6.45) is 0. The van der Waals surface area contributed by atoms with E-state index in [1.807, 2.05) is 11.3 Å². The third-order valence-electron chi connectivity index (χ3n) is 11.9. The number of fused-ring (bicyclic) bond motifs is 8. The molecule has 6 heteroatoms. The molecule has 8 aromatic carbocycles. The third-order valence-corrected chi connectivity index (χ3v) is 13.1. The minimum absolute atomic E-state index is 0.131. The number of benzene rings is 8. The molecule has 0 radical (unpaired) electrons. The van der Waals surface area contributed by atoms with Crippen LogP contribution in [0.5, 0.6) is 23.0 Å². The number of aryl methyl sites for hydroxylation is 5. The predicted molar refractivity (Wildman–Crippen MR) is 250 cm³/mol. The van der Waals surface area contributed by atoms with Crippen LogP contribution < -0.4 is 35.7 Å². The molecular weight excluding hydrogens is 739 g/mol. The first-order valence-electron chi connectivity index (χ1n) is 20.3. The molecule has 59 heavy (non-hydrogen) atoms. The molecule has 0 fully saturated rings. The highest BCUT2D eigenvalue weighted by molar-refractivity contribution is 7.26. The van der Waals surface area contributed by atoms with Gasteiger partial charge < -0.3 is 19.3 Å². The number of nitrogens with zero attached hydrogens (tertiary/aromatic N) is 2. The molecule has 2 aliphatic rings. The van der Waals surface area contributed by atoms with Crippen molar-refractivity contribution < 1.29 is 9.47 Å². The summed E-state index contributed by atoms with van der Waals surface area (Å²) in [7, 11) is 0. The Morgan fingerprint density at radius 2 is 0.949 bits per heavy atom. The van der Waals surface area contributed by atoms with Crippen molar-refractivity contribution in [2.24, 2.45) is 0 Å². The van der Waals surface area contributed by atoms with Crippen molar-refractivity contribution in [1.29, 1.82) is 0 Å². The zero-order valence-corrected chi connectivity index (χ0v) is 34.5. The van der Waals surface area contributed by atoms with Crippen molar-refractivity contribution >= 4 is 88.7 Å². The monoisotopic (exact) mass is 780 g/mol. The van der Waals surface area contributed by atoms with Crippen LogP contribution in [0.4, 0.5) is 34.1 Å². The van der Waals surface area contributed by atoms with Crippen molar-refractivity contribution in [3.05, 3.63) is 186 Å². The molecule has 0 saturated carbocycles. The predicted octanol–water partition coefficient (Wildman–Crippen LogP) is 13.3. The molecule has 0 amide bonds. The van der Waals surface area contributed by atoms with E-state index in [1.165, 1.54) is 42.6 Å². The number of rotatable bonds is 6. The molecule has 1 aromatic heterocycles. The van der Waals surface area contributed by atoms with Crippen molar-refractivity contribution in [3.8, 4) is 23.0 Å². The van der Waals surface area contributed by atoms with E-state index in [-0.39, 0.29) is 6.71 Å². The first-order valence-corrected chi connectivity index (χ1v) is 21.1. The quantitative estimate of drug-likeness (QED) is 0.157. The summed E-state index contributed by atoms with van der Waals surface area (Å²) in [5, 5.41) is 2.32. The highest BCUT2D eigenvalue weighted by atomic mass is 32.1. The maximum atomic E-state index is 7.41. The standard InChI is InChI=1S/C53H41BN2O2S/c1-32-10-19-37(20-11-32)55(38-21-12-33(2)13-22-38)41-29-47-51-48(30-41)58-52-44(54(51)43-28-36(5)18-27-46(43)57-47)31-45(53-50(52)42-8-6-7-9-49(42)59-53)56(39-23-14-34(3)15-24-39)40-25-16-35(4)17-26-40/h6-31H,1-5H3. The van der Waals surface area contributed by atoms with E-state index < -0.39 is 0 Å². The lowest BCUT2D eigenvalue weighted by atomic mass is 9.34. The highest BCUT2D eigenvalue weighted by Crippen LogP contribution is 2.51. The highest BCUT2D eigenvalue weighted by Gasteiger charge is 2.43. The summed E-state index contributed by atoms with van der Waals surface area (Å²) in [6.45, 7) is 10.6. The van der Waals surface area contributed by atoms with Gasteiger partial charge in [0.2, 0.25) is 0 Å². The van der Waals surface area contributed by atoms with Gasteiger partial charge in [-0.1, -0.05) is 107 Å². The molecule has 4 nitrogen and oxygen atoms in total. The molecule has 0 unspecified atom stereocenters. The summed E-state index contributed by atoms with van der Waals surface area (Å²) < 4.78 is 16.8. The number of hydrogen-bond donors (Lipinski definition) is 0. The van der Waals surface area contributed by atoms with Crippen molar-refractivity contribution in [2.45, 2.75) is 34.6 Å². The first-order chi connectivity index (χ1) is 28.8. The second-order valence-electron chi connectivity index (χ2n) is 16.2. The summed E-state index contributed by atoms with van der Waals surface area (Å²) in [5.74, 6) is 3.39. The van der Waals surface area contributed by atoms with Gasteiger partial charge in [-0.3, -0.25) is 0 Å². The van der Waals surface area contributed by atoms with Gasteiger partial charge in [-0.25, -0.2) is 0 Å². The average molecular weight is 781 g/mol. The SMILES string of the molecule is Cc1ccc(N(c2ccc(C)cc2)c2cc3c4c(c2)Oc2c(cc(N(c5ccc(C)cc5)c5ccc(C)cc5)c5sc6ccccc6c25)B4c2cc(C)ccc2O3)cc1. The summed E-state index contributed by atoms with van der Waals surface area (Å²) in [5.41, 5.74) is 15.8. The molecule has 3 heterocycles. The van der Waals surface area contributed by atoms with Gasteiger partial charge in [-0.05, 0) is 112 Å². The number of hydrogen-bond acceptors (Lipinski definition) is 5. The topological polar surface area (TPSA) is 24.9 Å². The largest absolute Gasteiger partial charge is 0.458 e. The van der Waals surface area contributed by atoms with Crippen LogP contribution in [0.1, 0.15) is 27.8 Å². The zero-order chi connectivity index (χ0) is 39.9. The normalized spacial score (nSPS) is 12.4.